The fraction of sp³-hybridized carbons (Fsp3) is 0.667. The molecule has 0 unspecified atom stereocenters. The molecule has 1 aromatic heterocycles. The van der Waals surface area contributed by atoms with Crippen molar-refractivity contribution in [1.29, 1.82) is 0 Å². The summed E-state index contributed by atoms with van der Waals surface area (Å²) in [6, 6.07) is 0. The lowest BCUT2D eigenvalue weighted by Gasteiger charge is -2.13. The van der Waals surface area contributed by atoms with Gasteiger partial charge >= 0.3 is 0 Å². The smallest absolute Gasteiger partial charge is 0.157 e. The molecule has 7 heteroatoms. The maximum atomic E-state index is 11.2. The van der Waals surface area contributed by atoms with Gasteiger partial charge in [-0.05, 0) is 6.92 Å². The Bertz CT molecular complexity index is 468. The Hall–Kier alpha value is -1.08. The molecule has 90 valence electrons. The first-order valence-corrected chi connectivity index (χ1v) is 6.90. The van der Waals surface area contributed by atoms with Crippen molar-refractivity contribution < 1.29 is 18.3 Å². The number of rotatable bonds is 3. The molecule has 0 radical (unpaired) electrons. The summed E-state index contributed by atoms with van der Waals surface area (Å²) in [5.41, 5.74) is 0. The quantitative estimate of drug-likeness (QED) is 0.773. The maximum Gasteiger partial charge on any atom is 0.157 e. The minimum atomic E-state index is -3.17. The molecule has 1 aromatic rings. The third kappa shape index (κ3) is 2.35. The minimum Gasteiger partial charge on any atom is -0.483 e. The molecule has 2 atom stereocenters. The van der Waals surface area contributed by atoms with Crippen LogP contribution in [0.1, 0.15) is 6.92 Å². The number of aliphatic hydroxyl groups excluding tert-OH is 1. The van der Waals surface area contributed by atoms with Crippen LogP contribution in [-0.2, 0) is 16.4 Å². The van der Waals surface area contributed by atoms with Crippen LogP contribution in [0, 0.1) is 0 Å². The van der Waals surface area contributed by atoms with E-state index >= 15 is 0 Å². The molecule has 6 nitrogen and oxygen atoms in total. The second-order valence-electron chi connectivity index (χ2n) is 3.83. The van der Waals surface area contributed by atoms with Crippen LogP contribution in [0.15, 0.2) is 12.4 Å². The summed E-state index contributed by atoms with van der Waals surface area (Å²) in [7, 11) is -3.17. The molecule has 0 saturated carbocycles. The molecule has 0 amide bonds. The van der Waals surface area contributed by atoms with Gasteiger partial charge in [-0.1, -0.05) is 0 Å². The van der Waals surface area contributed by atoms with Crippen LogP contribution in [0.4, 0.5) is 0 Å². The largest absolute Gasteiger partial charge is 0.483 e. The van der Waals surface area contributed by atoms with E-state index in [-0.39, 0.29) is 11.5 Å². The minimum absolute atomic E-state index is 0.133. The zero-order valence-electron chi connectivity index (χ0n) is 8.91. The Kier molecular flexibility index (Phi) is 2.90. The normalized spacial score (nSPS) is 28.1. The fourth-order valence-corrected chi connectivity index (χ4v) is 3.32. The summed E-state index contributed by atoms with van der Waals surface area (Å²) >= 11 is 0. The number of sulfone groups is 1. The van der Waals surface area contributed by atoms with Crippen LogP contribution >= 0.6 is 0 Å². The van der Waals surface area contributed by atoms with Gasteiger partial charge in [-0.25, -0.2) is 8.42 Å². The van der Waals surface area contributed by atoms with Gasteiger partial charge in [0.05, 0.1) is 23.9 Å². The topological polar surface area (TPSA) is 81.4 Å². The highest BCUT2D eigenvalue weighted by atomic mass is 32.2. The van der Waals surface area contributed by atoms with Gasteiger partial charge in [0.1, 0.15) is 12.2 Å². The Morgan fingerprint density at radius 2 is 2.38 bits per heavy atom. The first-order chi connectivity index (χ1) is 7.50. The average Bonchev–Trinajstić information content (AvgIpc) is 2.72. The van der Waals surface area contributed by atoms with E-state index in [1.807, 2.05) is 6.92 Å². The van der Waals surface area contributed by atoms with Crippen molar-refractivity contribution in [3.63, 3.8) is 0 Å². The molecule has 1 fully saturated rings. The number of aliphatic hydroxyl groups is 1. The maximum absolute atomic E-state index is 11.2. The number of aryl methyl sites for hydroxylation is 1. The summed E-state index contributed by atoms with van der Waals surface area (Å²) in [4.78, 5) is 0. The molecular formula is C9H14N2O4S. The lowest BCUT2D eigenvalue weighted by Crippen LogP contribution is -2.29. The van der Waals surface area contributed by atoms with E-state index in [1.54, 1.807) is 10.9 Å². The highest BCUT2D eigenvalue weighted by Gasteiger charge is 2.38. The van der Waals surface area contributed by atoms with E-state index in [0.29, 0.717) is 5.75 Å². The standard InChI is InChI=1S/C9H14N2O4S/c1-2-11-4-7(3-10-11)15-9-6-16(13,14)5-8(9)12/h3-4,8-9,12H,2,5-6H2,1H3/t8-,9-/m1/s1. The van der Waals surface area contributed by atoms with Crippen LogP contribution in [-0.4, -0.2) is 47.0 Å². The fourth-order valence-electron chi connectivity index (χ4n) is 1.66. The van der Waals surface area contributed by atoms with Crippen molar-refractivity contribution in [1.82, 2.24) is 9.78 Å². The number of nitrogens with zero attached hydrogens (tertiary/aromatic N) is 2. The second-order valence-corrected chi connectivity index (χ2v) is 5.99. The predicted octanol–water partition coefficient (Wildman–Crippen LogP) is -0.560. The number of ether oxygens (including phenoxy) is 1. The average molecular weight is 246 g/mol. The third-order valence-corrected chi connectivity index (χ3v) is 4.18. The van der Waals surface area contributed by atoms with Gasteiger partial charge in [-0.3, -0.25) is 4.68 Å². The number of hydrogen-bond donors (Lipinski definition) is 1. The molecule has 1 aliphatic heterocycles. The first kappa shape index (κ1) is 11.4. The van der Waals surface area contributed by atoms with Gasteiger partial charge in [-0.2, -0.15) is 5.10 Å². The molecule has 0 aliphatic carbocycles. The van der Waals surface area contributed by atoms with Gasteiger partial charge < -0.3 is 9.84 Å². The van der Waals surface area contributed by atoms with Crippen LogP contribution in [0.25, 0.3) is 0 Å². The summed E-state index contributed by atoms with van der Waals surface area (Å²) < 4.78 is 29.5. The Balaban J connectivity index is 2.05. The van der Waals surface area contributed by atoms with Crippen LogP contribution in [0.3, 0.4) is 0 Å². The Labute approximate surface area is 93.8 Å². The highest BCUT2D eigenvalue weighted by Crippen LogP contribution is 2.19. The lowest BCUT2D eigenvalue weighted by molar-refractivity contribution is 0.0737. The van der Waals surface area contributed by atoms with Gasteiger partial charge in [0, 0.05) is 6.54 Å². The molecule has 1 saturated heterocycles. The van der Waals surface area contributed by atoms with Gasteiger partial charge in [0.2, 0.25) is 0 Å². The molecule has 16 heavy (non-hydrogen) atoms. The van der Waals surface area contributed by atoms with Crippen LogP contribution < -0.4 is 4.74 Å². The van der Waals surface area contributed by atoms with Crippen molar-refractivity contribution in [2.75, 3.05) is 11.5 Å². The van der Waals surface area contributed by atoms with Crippen molar-refractivity contribution in [3.05, 3.63) is 12.4 Å². The van der Waals surface area contributed by atoms with Gasteiger partial charge in [-0.15, -0.1) is 0 Å². The number of hydrogen-bond acceptors (Lipinski definition) is 5. The summed E-state index contributed by atoms with van der Waals surface area (Å²) in [6.45, 7) is 2.65. The van der Waals surface area contributed by atoms with E-state index in [9.17, 15) is 13.5 Å². The lowest BCUT2D eigenvalue weighted by atomic mass is 10.3. The SMILES string of the molecule is CCn1cc(O[C@@H]2CS(=O)(=O)C[C@H]2O)cn1. The number of aromatic nitrogens is 2. The Morgan fingerprint density at radius 1 is 1.62 bits per heavy atom. The molecule has 0 bridgehead atoms. The van der Waals surface area contributed by atoms with E-state index in [2.05, 4.69) is 5.10 Å². The van der Waals surface area contributed by atoms with Gasteiger partial charge in [0.15, 0.2) is 15.6 Å². The molecule has 0 aromatic carbocycles. The predicted molar refractivity (Wildman–Crippen MR) is 57.0 cm³/mol. The molecule has 1 aliphatic rings. The van der Waals surface area contributed by atoms with E-state index < -0.39 is 22.0 Å². The van der Waals surface area contributed by atoms with Crippen molar-refractivity contribution in [3.8, 4) is 5.75 Å². The zero-order chi connectivity index (χ0) is 11.8. The monoisotopic (exact) mass is 246 g/mol. The molecular weight excluding hydrogens is 232 g/mol. The first-order valence-electron chi connectivity index (χ1n) is 5.08. The third-order valence-electron chi connectivity index (χ3n) is 2.49. The van der Waals surface area contributed by atoms with E-state index in [4.69, 9.17) is 4.74 Å². The summed E-state index contributed by atoms with van der Waals surface area (Å²) in [5.74, 6) is 0.133. The van der Waals surface area contributed by atoms with E-state index in [0.717, 1.165) is 6.54 Å². The molecule has 2 heterocycles. The van der Waals surface area contributed by atoms with Crippen molar-refractivity contribution in [2.45, 2.75) is 25.7 Å². The summed E-state index contributed by atoms with van der Waals surface area (Å²) in [5, 5.41) is 13.5. The highest BCUT2D eigenvalue weighted by molar-refractivity contribution is 7.91. The summed E-state index contributed by atoms with van der Waals surface area (Å²) in [6.07, 6.45) is 1.56. The molecule has 0 spiro atoms. The molecule has 2 rings (SSSR count). The van der Waals surface area contributed by atoms with Crippen LogP contribution in [0.2, 0.25) is 0 Å². The second kappa shape index (κ2) is 4.06. The van der Waals surface area contributed by atoms with Crippen LogP contribution in [0.5, 0.6) is 5.75 Å². The molecule has 1 N–H and O–H groups in total. The van der Waals surface area contributed by atoms with Crippen molar-refractivity contribution in [2.24, 2.45) is 0 Å². The zero-order valence-corrected chi connectivity index (χ0v) is 9.72. The van der Waals surface area contributed by atoms with E-state index in [1.165, 1.54) is 6.20 Å². The van der Waals surface area contributed by atoms with Crippen molar-refractivity contribution >= 4 is 9.84 Å². The Morgan fingerprint density at radius 3 is 2.88 bits per heavy atom. The van der Waals surface area contributed by atoms with Gasteiger partial charge in [0.25, 0.3) is 0 Å².